The highest BCUT2D eigenvalue weighted by atomic mass is 35.5. The van der Waals surface area contributed by atoms with Crippen LogP contribution in [-0.4, -0.2) is 13.2 Å². The summed E-state index contributed by atoms with van der Waals surface area (Å²) in [5.74, 6) is 0.665. The molecule has 1 heterocycles. The van der Waals surface area contributed by atoms with Gasteiger partial charge in [-0.2, -0.15) is 0 Å². The number of hydrogen-bond donors (Lipinski definition) is 0. The van der Waals surface area contributed by atoms with E-state index in [1.54, 1.807) is 0 Å². The van der Waals surface area contributed by atoms with Gasteiger partial charge >= 0.3 is 0 Å². The van der Waals surface area contributed by atoms with Gasteiger partial charge < -0.3 is 4.74 Å². The summed E-state index contributed by atoms with van der Waals surface area (Å²) in [6.07, 6.45) is 3.18. The van der Waals surface area contributed by atoms with Gasteiger partial charge in [-0.1, -0.05) is 54.1 Å². The average molecular weight is 287 g/mol. The Morgan fingerprint density at radius 2 is 1.65 bits per heavy atom. The van der Waals surface area contributed by atoms with Crippen LogP contribution in [0.2, 0.25) is 5.02 Å². The third-order valence-electron chi connectivity index (χ3n) is 4.02. The van der Waals surface area contributed by atoms with E-state index >= 15 is 0 Å². The van der Waals surface area contributed by atoms with E-state index < -0.39 is 0 Å². The van der Waals surface area contributed by atoms with E-state index in [2.05, 4.69) is 30.3 Å². The van der Waals surface area contributed by atoms with E-state index in [4.69, 9.17) is 16.3 Å². The van der Waals surface area contributed by atoms with Gasteiger partial charge in [-0.05, 0) is 47.9 Å². The summed E-state index contributed by atoms with van der Waals surface area (Å²) in [7, 11) is 0. The zero-order chi connectivity index (χ0) is 13.8. The summed E-state index contributed by atoms with van der Waals surface area (Å²) in [4.78, 5) is 0. The molecule has 0 saturated carbocycles. The summed E-state index contributed by atoms with van der Waals surface area (Å²) < 4.78 is 5.42. The van der Waals surface area contributed by atoms with Gasteiger partial charge in [0.2, 0.25) is 0 Å². The first-order chi connectivity index (χ1) is 9.83. The molecule has 2 aromatic rings. The van der Waals surface area contributed by atoms with Crippen molar-refractivity contribution in [2.24, 2.45) is 0 Å². The Balaban J connectivity index is 1.71. The van der Waals surface area contributed by atoms with Gasteiger partial charge in [-0.3, -0.25) is 0 Å². The third kappa shape index (κ3) is 3.23. The van der Waals surface area contributed by atoms with E-state index in [-0.39, 0.29) is 0 Å². The Morgan fingerprint density at radius 1 is 0.950 bits per heavy atom. The molecule has 0 bridgehead atoms. The Hall–Kier alpha value is -1.31. The first-order valence-corrected chi connectivity index (χ1v) is 7.61. The lowest BCUT2D eigenvalue weighted by Gasteiger charge is -2.22. The minimum Gasteiger partial charge on any atom is -0.381 e. The quantitative estimate of drug-likeness (QED) is 0.786. The molecular formula is C18H19ClO. The topological polar surface area (TPSA) is 9.23 Å². The predicted octanol–water partition coefficient (Wildman–Crippen LogP) is 4.82. The van der Waals surface area contributed by atoms with Gasteiger partial charge in [0.15, 0.2) is 0 Å². The minimum atomic E-state index is 0.665. The van der Waals surface area contributed by atoms with E-state index in [0.29, 0.717) is 5.92 Å². The molecule has 0 amide bonds. The largest absolute Gasteiger partial charge is 0.381 e. The van der Waals surface area contributed by atoms with Crippen molar-refractivity contribution in [2.75, 3.05) is 13.2 Å². The van der Waals surface area contributed by atoms with Gasteiger partial charge in [0.1, 0.15) is 0 Å². The van der Waals surface area contributed by atoms with E-state index in [1.807, 2.05) is 18.2 Å². The highest BCUT2D eigenvalue weighted by Crippen LogP contribution is 2.27. The number of halogens is 1. The van der Waals surface area contributed by atoms with Crippen LogP contribution in [0, 0.1) is 0 Å². The van der Waals surface area contributed by atoms with Crippen LogP contribution >= 0.6 is 11.6 Å². The van der Waals surface area contributed by atoms with Gasteiger partial charge in [0.25, 0.3) is 0 Å². The second kappa shape index (κ2) is 6.43. The van der Waals surface area contributed by atoms with E-state index in [0.717, 1.165) is 37.5 Å². The minimum absolute atomic E-state index is 0.665. The molecular weight excluding hydrogens is 268 g/mol. The summed E-state index contributed by atoms with van der Waals surface area (Å²) in [5.41, 5.74) is 3.94. The molecule has 1 saturated heterocycles. The average Bonchev–Trinajstić information content (AvgIpc) is 2.51. The van der Waals surface area contributed by atoms with Crippen LogP contribution in [0.3, 0.4) is 0 Å². The van der Waals surface area contributed by atoms with Crippen molar-refractivity contribution < 1.29 is 4.74 Å². The standard InChI is InChI=1S/C18H19ClO/c19-18-4-2-1-3-17(18)13-14-5-7-15(8-6-14)16-9-11-20-12-10-16/h1-8,16H,9-13H2. The SMILES string of the molecule is Clc1ccccc1Cc1ccc(C2CCOCC2)cc1. The molecule has 1 aliphatic heterocycles. The van der Waals surface area contributed by atoms with Crippen LogP contribution in [0.5, 0.6) is 0 Å². The van der Waals surface area contributed by atoms with Crippen molar-refractivity contribution in [3.63, 3.8) is 0 Å². The summed E-state index contributed by atoms with van der Waals surface area (Å²) in [6.45, 7) is 1.79. The maximum atomic E-state index is 6.21. The van der Waals surface area contributed by atoms with Crippen molar-refractivity contribution in [2.45, 2.75) is 25.2 Å². The van der Waals surface area contributed by atoms with Gasteiger partial charge in [-0.25, -0.2) is 0 Å². The monoisotopic (exact) mass is 286 g/mol. The molecule has 0 radical (unpaired) electrons. The van der Waals surface area contributed by atoms with Crippen molar-refractivity contribution in [3.05, 3.63) is 70.2 Å². The van der Waals surface area contributed by atoms with Crippen molar-refractivity contribution >= 4 is 11.6 Å². The second-order valence-corrected chi connectivity index (χ2v) is 5.80. The molecule has 1 aliphatic rings. The van der Waals surface area contributed by atoms with Gasteiger partial charge in [0.05, 0.1) is 0 Å². The highest BCUT2D eigenvalue weighted by Gasteiger charge is 2.15. The molecule has 0 unspecified atom stereocenters. The fourth-order valence-corrected chi connectivity index (χ4v) is 3.00. The van der Waals surface area contributed by atoms with Gasteiger partial charge in [-0.15, -0.1) is 0 Å². The molecule has 0 aliphatic carbocycles. The van der Waals surface area contributed by atoms with Crippen LogP contribution in [-0.2, 0) is 11.2 Å². The maximum absolute atomic E-state index is 6.21. The van der Waals surface area contributed by atoms with E-state index in [9.17, 15) is 0 Å². The highest BCUT2D eigenvalue weighted by molar-refractivity contribution is 6.31. The van der Waals surface area contributed by atoms with Crippen molar-refractivity contribution in [1.82, 2.24) is 0 Å². The van der Waals surface area contributed by atoms with Crippen LogP contribution in [0.1, 0.15) is 35.4 Å². The molecule has 20 heavy (non-hydrogen) atoms. The number of ether oxygens (including phenoxy) is 1. The predicted molar refractivity (Wildman–Crippen MR) is 83.5 cm³/mol. The molecule has 0 spiro atoms. The summed E-state index contributed by atoms with van der Waals surface area (Å²) in [6, 6.07) is 17.0. The summed E-state index contributed by atoms with van der Waals surface area (Å²) in [5, 5.41) is 0.848. The van der Waals surface area contributed by atoms with Crippen LogP contribution in [0.15, 0.2) is 48.5 Å². The third-order valence-corrected chi connectivity index (χ3v) is 4.39. The fourth-order valence-electron chi connectivity index (χ4n) is 2.80. The van der Waals surface area contributed by atoms with Crippen molar-refractivity contribution in [1.29, 1.82) is 0 Å². The van der Waals surface area contributed by atoms with Gasteiger partial charge in [0, 0.05) is 18.2 Å². The lowest BCUT2D eigenvalue weighted by molar-refractivity contribution is 0.0853. The first-order valence-electron chi connectivity index (χ1n) is 7.23. The molecule has 104 valence electrons. The van der Waals surface area contributed by atoms with Crippen LogP contribution < -0.4 is 0 Å². The smallest absolute Gasteiger partial charge is 0.0471 e. The Bertz CT molecular complexity index is 556. The number of hydrogen-bond acceptors (Lipinski definition) is 1. The molecule has 3 rings (SSSR count). The number of benzene rings is 2. The number of rotatable bonds is 3. The lowest BCUT2D eigenvalue weighted by atomic mass is 9.90. The normalized spacial score (nSPS) is 16.2. The second-order valence-electron chi connectivity index (χ2n) is 5.40. The molecule has 0 atom stereocenters. The zero-order valence-corrected chi connectivity index (χ0v) is 12.3. The molecule has 2 heteroatoms. The Labute approximate surface area is 125 Å². The molecule has 1 fully saturated rings. The molecule has 0 N–H and O–H groups in total. The Morgan fingerprint density at radius 3 is 2.35 bits per heavy atom. The van der Waals surface area contributed by atoms with Crippen molar-refractivity contribution in [3.8, 4) is 0 Å². The maximum Gasteiger partial charge on any atom is 0.0471 e. The summed E-state index contributed by atoms with van der Waals surface area (Å²) >= 11 is 6.21. The molecule has 1 nitrogen and oxygen atoms in total. The fraction of sp³-hybridized carbons (Fsp3) is 0.333. The van der Waals surface area contributed by atoms with Crippen LogP contribution in [0.4, 0.5) is 0 Å². The van der Waals surface area contributed by atoms with Crippen LogP contribution in [0.25, 0.3) is 0 Å². The molecule has 2 aromatic carbocycles. The zero-order valence-electron chi connectivity index (χ0n) is 11.5. The van der Waals surface area contributed by atoms with E-state index in [1.165, 1.54) is 16.7 Å². The first kappa shape index (κ1) is 13.7. The Kier molecular flexibility index (Phi) is 4.39. The molecule has 0 aromatic heterocycles. The lowest BCUT2D eigenvalue weighted by Crippen LogP contribution is -2.13.